The average Bonchev–Trinajstić information content (AvgIpc) is 3.41. The lowest BCUT2D eigenvalue weighted by Crippen LogP contribution is -2.29. The standard InChI is InChI=1S/C26H29N7O2/c1-4-33(15-16-35-3)24-14-11-19(21-7-5-6-8-22(21)25-29-31-32-30-25)17-23(24)28-26(34)27-20-12-9-18(2)10-13-20/h5-14,17H,4,15-16H2,1-3H3,(H2,27,28,34)(H,29,30,31,32). The lowest BCUT2D eigenvalue weighted by atomic mass is 9.98. The second-order valence-corrected chi connectivity index (χ2v) is 8.04. The number of H-pyrrole nitrogens is 1. The predicted octanol–water partition coefficient (Wildman–Crippen LogP) is 4.96. The number of anilines is 3. The van der Waals surface area contributed by atoms with Gasteiger partial charge >= 0.3 is 6.03 Å². The summed E-state index contributed by atoms with van der Waals surface area (Å²) in [7, 11) is 1.68. The van der Waals surface area contributed by atoms with Gasteiger partial charge in [-0.1, -0.05) is 48.0 Å². The van der Waals surface area contributed by atoms with E-state index in [0.29, 0.717) is 24.7 Å². The van der Waals surface area contributed by atoms with Crippen LogP contribution >= 0.6 is 0 Å². The molecule has 0 aliphatic carbocycles. The molecule has 1 aromatic heterocycles. The van der Waals surface area contributed by atoms with Crippen molar-refractivity contribution >= 4 is 23.1 Å². The second kappa shape index (κ2) is 11.3. The number of aryl methyl sites for hydroxylation is 1. The zero-order valence-electron chi connectivity index (χ0n) is 20.1. The van der Waals surface area contributed by atoms with Crippen LogP contribution in [0, 0.1) is 6.92 Å². The van der Waals surface area contributed by atoms with Crippen molar-refractivity contribution in [3.63, 3.8) is 0 Å². The number of carbonyl (C=O) groups excluding carboxylic acids is 1. The molecule has 0 fully saturated rings. The normalized spacial score (nSPS) is 10.7. The number of rotatable bonds is 9. The summed E-state index contributed by atoms with van der Waals surface area (Å²) in [5, 5.41) is 20.3. The number of urea groups is 1. The van der Waals surface area contributed by atoms with Crippen molar-refractivity contribution in [2.24, 2.45) is 0 Å². The molecule has 0 unspecified atom stereocenters. The number of likely N-dealkylation sites (N-methyl/N-ethyl adjacent to an activating group) is 1. The number of methoxy groups -OCH3 is 1. The van der Waals surface area contributed by atoms with Crippen molar-refractivity contribution in [3.8, 4) is 22.5 Å². The van der Waals surface area contributed by atoms with E-state index in [9.17, 15) is 4.79 Å². The first-order chi connectivity index (χ1) is 17.1. The summed E-state index contributed by atoms with van der Waals surface area (Å²) >= 11 is 0. The lowest BCUT2D eigenvalue weighted by molar-refractivity contribution is 0.205. The molecule has 0 saturated heterocycles. The average molecular weight is 472 g/mol. The molecule has 1 heterocycles. The first kappa shape index (κ1) is 23.9. The first-order valence-corrected chi connectivity index (χ1v) is 11.4. The van der Waals surface area contributed by atoms with Crippen LogP contribution in [0.5, 0.6) is 0 Å². The van der Waals surface area contributed by atoms with E-state index in [0.717, 1.165) is 40.2 Å². The van der Waals surface area contributed by atoms with Crippen molar-refractivity contribution in [1.29, 1.82) is 0 Å². The summed E-state index contributed by atoms with van der Waals surface area (Å²) in [5.74, 6) is 0.576. The molecule has 3 aromatic carbocycles. The number of aromatic amines is 1. The van der Waals surface area contributed by atoms with E-state index in [-0.39, 0.29) is 6.03 Å². The largest absolute Gasteiger partial charge is 0.383 e. The van der Waals surface area contributed by atoms with E-state index in [1.807, 2.05) is 73.7 Å². The van der Waals surface area contributed by atoms with Crippen LogP contribution in [0.2, 0.25) is 0 Å². The molecule has 0 aliphatic heterocycles. The molecule has 180 valence electrons. The Hall–Kier alpha value is -4.24. The Morgan fingerprint density at radius 2 is 1.80 bits per heavy atom. The highest BCUT2D eigenvalue weighted by atomic mass is 16.5. The van der Waals surface area contributed by atoms with E-state index in [1.165, 1.54) is 0 Å². The molecule has 0 atom stereocenters. The quantitative estimate of drug-likeness (QED) is 0.318. The van der Waals surface area contributed by atoms with Crippen LogP contribution in [-0.4, -0.2) is 53.5 Å². The monoisotopic (exact) mass is 471 g/mol. The fourth-order valence-corrected chi connectivity index (χ4v) is 3.87. The first-order valence-electron chi connectivity index (χ1n) is 11.4. The molecule has 0 spiro atoms. The molecule has 3 N–H and O–H groups in total. The number of carbonyl (C=O) groups is 1. The van der Waals surface area contributed by atoms with Crippen molar-refractivity contribution in [1.82, 2.24) is 20.6 Å². The summed E-state index contributed by atoms with van der Waals surface area (Å²) in [4.78, 5) is 15.1. The third-order valence-corrected chi connectivity index (χ3v) is 5.68. The SMILES string of the molecule is CCN(CCOC)c1ccc(-c2ccccc2-c2nnn[nH]2)cc1NC(=O)Nc1ccc(C)cc1. The third-order valence-electron chi connectivity index (χ3n) is 5.68. The molecular formula is C26H29N7O2. The number of aromatic nitrogens is 4. The van der Waals surface area contributed by atoms with Gasteiger partial charge in [0.05, 0.1) is 18.0 Å². The van der Waals surface area contributed by atoms with Gasteiger partial charge in [0.15, 0.2) is 5.82 Å². The Morgan fingerprint density at radius 3 is 2.49 bits per heavy atom. The van der Waals surface area contributed by atoms with Crippen molar-refractivity contribution < 1.29 is 9.53 Å². The third kappa shape index (κ3) is 5.82. The van der Waals surface area contributed by atoms with Gasteiger partial charge in [-0.15, -0.1) is 5.10 Å². The number of ether oxygens (including phenoxy) is 1. The molecule has 4 aromatic rings. The Labute approximate surface area is 204 Å². The fourth-order valence-electron chi connectivity index (χ4n) is 3.87. The van der Waals surface area contributed by atoms with Gasteiger partial charge < -0.3 is 20.3 Å². The van der Waals surface area contributed by atoms with Crippen LogP contribution < -0.4 is 15.5 Å². The van der Waals surface area contributed by atoms with Gasteiger partial charge in [0.1, 0.15) is 0 Å². The number of amides is 2. The zero-order valence-corrected chi connectivity index (χ0v) is 20.1. The maximum atomic E-state index is 12.9. The van der Waals surface area contributed by atoms with Crippen LogP contribution in [0.1, 0.15) is 12.5 Å². The van der Waals surface area contributed by atoms with Crippen molar-refractivity contribution in [2.75, 3.05) is 42.3 Å². The van der Waals surface area contributed by atoms with Gasteiger partial charge in [0.2, 0.25) is 0 Å². The van der Waals surface area contributed by atoms with Gasteiger partial charge in [0, 0.05) is 31.5 Å². The minimum Gasteiger partial charge on any atom is -0.383 e. The zero-order chi connectivity index (χ0) is 24.6. The van der Waals surface area contributed by atoms with Crippen LogP contribution in [0.4, 0.5) is 21.9 Å². The highest BCUT2D eigenvalue weighted by Gasteiger charge is 2.16. The van der Waals surface area contributed by atoms with Gasteiger partial charge in [-0.3, -0.25) is 0 Å². The maximum Gasteiger partial charge on any atom is 0.323 e. The lowest BCUT2D eigenvalue weighted by Gasteiger charge is -2.26. The molecule has 35 heavy (non-hydrogen) atoms. The molecule has 0 radical (unpaired) electrons. The summed E-state index contributed by atoms with van der Waals surface area (Å²) < 4.78 is 5.29. The van der Waals surface area contributed by atoms with E-state index < -0.39 is 0 Å². The second-order valence-electron chi connectivity index (χ2n) is 8.04. The summed E-state index contributed by atoms with van der Waals surface area (Å²) in [5.41, 5.74) is 6.19. The number of tetrazole rings is 1. The summed E-state index contributed by atoms with van der Waals surface area (Å²) in [6.45, 7) is 6.11. The number of nitrogens with zero attached hydrogens (tertiary/aromatic N) is 4. The van der Waals surface area contributed by atoms with Crippen molar-refractivity contribution in [3.05, 3.63) is 72.3 Å². The van der Waals surface area contributed by atoms with Crippen LogP contribution in [-0.2, 0) is 4.74 Å². The van der Waals surface area contributed by atoms with Gasteiger partial charge in [-0.05, 0) is 59.7 Å². The minimum atomic E-state index is -0.317. The van der Waals surface area contributed by atoms with Gasteiger partial charge in [0.25, 0.3) is 0 Å². The van der Waals surface area contributed by atoms with Crippen molar-refractivity contribution in [2.45, 2.75) is 13.8 Å². The molecule has 9 heteroatoms. The topological polar surface area (TPSA) is 108 Å². The number of hydrogen-bond acceptors (Lipinski definition) is 6. The van der Waals surface area contributed by atoms with E-state index in [1.54, 1.807) is 7.11 Å². The molecular weight excluding hydrogens is 442 g/mol. The number of hydrogen-bond donors (Lipinski definition) is 3. The minimum absolute atomic E-state index is 0.317. The Bertz CT molecular complexity index is 1260. The molecule has 2 amide bonds. The Balaban J connectivity index is 1.70. The molecule has 4 rings (SSSR count). The van der Waals surface area contributed by atoms with E-state index in [4.69, 9.17) is 4.74 Å². The van der Waals surface area contributed by atoms with Gasteiger partial charge in [-0.2, -0.15) is 0 Å². The Morgan fingerprint density at radius 1 is 1.03 bits per heavy atom. The van der Waals surface area contributed by atoms with Crippen LogP contribution in [0.3, 0.4) is 0 Å². The highest BCUT2D eigenvalue weighted by molar-refractivity contribution is 6.02. The molecule has 9 nitrogen and oxygen atoms in total. The van der Waals surface area contributed by atoms with Crippen LogP contribution in [0.25, 0.3) is 22.5 Å². The maximum absolute atomic E-state index is 12.9. The van der Waals surface area contributed by atoms with Gasteiger partial charge in [-0.25, -0.2) is 9.89 Å². The van der Waals surface area contributed by atoms with E-state index >= 15 is 0 Å². The highest BCUT2D eigenvalue weighted by Crippen LogP contribution is 2.35. The fraction of sp³-hybridized carbons (Fsp3) is 0.231. The van der Waals surface area contributed by atoms with E-state index in [2.05, 4.69) is 43.1 Å². The number of nitrogens with one attached hydrogen (secondary N) is 3. The predicted molar refractivity (Wildman–Crippen MR) is 139 cm³/mol. The summed E-state index contributed by atoms with van der Waals surface area (Å²) in [6.07, 6.45) is 0. The van der Waals surface area contributed by atoms with Crippen LogP contribution in [0.15, 0.2) is 66.7 Å². The Kier molecular flexibility index (Phi) is 7.69. The summed E-state index contributed by atoms with van der Waals surface area (Å²) in [6, 6.07) is 21.3. The number of benzene rings is 3. The smallest absolute Gasteiger partial charge is 0.323 e. The molecule has 0 saturated carbocycles. The molecule has 0 aliphatic rings. The molecule has 0 bridgehead atoms.